The first-order valence-corrected chi connectivity index (χ1v) is 6.86. The predicted octanol–water partition coefficient (Wildman–Crippen LogP) is 2.99. The molecule has 1 aromatic heterocycles. The van der Waals surface area contributed by atoms with Crippen molar-refractivity contribution in [1.29, 1.82) is 0 Å². The molecule has 0 saturated carbocycles. The van der Waals surface area contributed by atoms with E-state index in [9.17, 15) is 4.79 Å². The van der Waals surface area contributed by atoms with Crippen molar-refractivity contribution >= 4 is 17.2 Å². The Balaban J connectivity index is 2.11. The van der Waals surface area contributed by atoms with Crippen LogP contribution in [0.1, 0.15) is 38.7 Å². The maximum absolute atomic E-state index is 11.5. The number of carbonyl (C=O) groups excluding carboxylic acids is 1. The molecule has 0 spiro atoms. The minimum atomic E-state index is 0.0202. The van der Waals surface area contributed by atoms with Crippen LogP contribution in [0.5, 0.6) is 0 Å². The average molecular weight is 237 g/mol. The standard InChI is InChI=1S/C13H19NOS/c1-10(2)7-13(5-3-12(15)14-13)8-11-4-6-16-9-11/h4,6,9-10H,3,5,7-8H2,1-2H3,(H,14,15). The highest BCUT2D eigenvalue weighted by molar-refractivity contribution is 7.07. The first kappa shape index (κ1) is 11.6. The van der Waals surface area contributed by atoms with Crippen LogP contribution in [0, 0.1) is 5.92 Å². The van der Waals surface area contributed by atoms with Crippen molar-refractivity contribution in [2.24, 2.45) is 5.92 Å². The lowest BCUT2D eigenvalue weighted by atomic mass is 9.83. The Morgan fingerprint density at radius 2 is 2.38 bits per heavy atom. The summed E-state index contributed by atoms with van der Waals surface area (Å²) in [7, 11) is 0. The lowest BCUT2D eigenvalue weighted by Gasteiger charge is -2.30. The quantitative estimate of drug-likeness (QED) is 0.857. The lowest BCUT2D eigenvalue weighted by molar-refractivity contribution is -0.119. The molecule has 2 nitrogen and oxygen atoms in total. The van der Waals surface area contributed by atoms with E-state index in [1.54, 1.807) is 11.3 Å². The molecule has 1 saturated heterocycles. The molecule has 3 heteroatoms. The molecule has 88 valence electrons. The summed E-state index contributed by atoms with van der Waals surface area (Å²) in [5.74, 6) is 0.841. The van der Waals surface area contributed by atoms with Gasteiger partial charge < -0.3 is 5.32 Å². The van der Waals surface area contributed by atoms with Gasteiger partial charge in [-0.1, -0.05) is 13.8 Å². The zero-order chi connectivity index (χ0) is 11.6. The number of hydrogen-bond acceptors (Lipinski definition) is 2. The van der Waals surface area contributed by atoms with Crippen LogP contribution >= 0.6 is 11.3 Å². The van der Waals surface area contributed by atoms with Crippen molar-refractivity contribution in [3.05, 3.63) is 22.4 Å². The smallest absolute Gasteiger partial charge is 0.220 e. The van der Waals surface area contributed by atoms with Crippen molar-refractivity contribution in [1.82, 2.24) is 5.32 Å². The predicted molar refractivity (Wildman–Crippen MR) is 67.6 cm³/mol. The zero-order valence-electron chi connectivity index (χ0n) is 9.95. The van der Waals surface area contributed by atoms with Crippen LogP contribution in [-0.2, 0) is 11.2 Å². The molecule has 1 aliphatic heterocycles. The summed E-state index contributed by atoms with van der Waals surface area (Å²) in [5, 5.41) is 7.50. The largest absolute Gasteiger partial charge is 0.350 e. The van der Waals surface area contributed by atoms with Gasteiger partial charge in [0.1, 0.15) is 0 Å². The van der Waals surface area contributed by atoms with Crippen LogP contribution < -0.4 is 5.32 Å². The van der Waals surface area contributed by atoms with Crippen molar-refractivity contribution < 1.29 is 4.79 Å². The van der Waals surface area contributed by atoms with E-state index in [1.165, 1.54) is 5.56 Å². The summed E-state index contributed by atoms with van der Waals surface area (Å²) in [6, 6.07) is 2.16. The fourth-order valence-corrected chi connectivity index (χ4v) is 3.37. The van der Waals surface area contributed by atoms with E-state index in [4.69, 9.17) is 0 Å². The molecule has 1 N–H and O–H groups in total. The fraction of sp³-hybridized carbons (Fsp3) is 0.615. The van der Waals surface area contributed by atoms with Gasteiger partial charge in [0.25, 0.3) is 0 Å². The Morgan fingerprint density at radius 3 is 2.88 bits per heavy atom. The third-order valence-corrected chi connectivity index (χ3v) is 3.89. The maximum Gasteiger partial charge on any atom is 0.220 e. The summed E-state index contributed by atoms with van der Waals surface area (Å²) >= 11 is 1.73. The lowest BCUT2D eigenvalue weighted by Crippen LogP contribution is -2.44. The van der Waals surface area contributed by atoms with Crippen molar-refractivity contribution in [2.75, 3.05) is 0 Å². The second-order valence-electron chi connectivity index (χ2n) is 5.23. The summed E-state index contributed by atoms with van der Waals surface area (Å²) < 4.78 is 0. The van der Waals surface area contributed by atoms with Gasteiger partial charge in [0.15, 0.2) is 0 Å². The SMILES string of the molecule is CC(C)CC1(Cc2ccsc2)CCC(=O)N1. The van der Waals surface area contributed by atoms with Gasteiger partial charge in [0, 0.05) is 12.0 Å². The topological polar surface area (TPSA) is 29.1 Å². The highest BCUT2D eigenvalue weighted by Gasteiger charge is 2.37. The van der Waals surface area contributed by atoms with Crippen LogP contribution in [0.2, 0.25) is 0 Å². The van der Waals surface area contributed by atoms with Crippen LogP contribution in [-0.4, -0.2) is 11.4 Å². The number of carbonyl (C=O) groups is 1. The van der Waals surface area contributed by atoms with Gasteiger partial charge in [0.05, 0.1) is 0 Å². The van der Waals surface area contributed by atoms with Crippen molar-refractivity contribution in [3.63, 3.8) is 0 Å². The highest BCUT2D eigenvalue weighted by atomic mass is 32.1. The molecule has 1 aliphatic rings. The van der Waals surface area contributed by atoms with E-state index < -0.39 is 0 Å². The summed E-state index contributed by atoms with van der Waals surface area (Å²) in [6.07, 6.45) is 3.74. The molecule has 0 aliphatic carbocycles. The Labute approximate surface area is 101 Å². The van der Waals surface area contributed by atoms with E-state index in [0.29, 0.717) is 12.3 Å². The summed E-state index contributed by atoms with van der Waals surface area (Å²) in [4.78, 5) is 11.5. The van der Waals surface area contributed by atoms with Gasteiger partial charge in [-0.3, -0.25) is 4.79 Å². The van der Waals surface area contributed by atoms with Gasteiger partial charge in [-0.25, -0.2) is 0 Å². The maximum atomic E-state index is 11.5. The Kier molecular flexibility index (Phi) is 3.33. The molecule has 0 aromatic carbocycles. The van der Waals surface area contributed by atoms with E-state index in [-0.39, 0.29) is 11.4 Å². The number of nitrogens with one attached hydrogen (secondary N) is 1. The average Bonchev–Trinajstić information content (AvgIpc) is 2.76. The molecule has 1 aromatic rings. The number of thiophene rings is 1. The molecule has 0 bridgehead atoms. The number of amides is 1. The summed E-state index contributed by atoms with van der Waals surface area (Å²) in [5.41, 5.74) is 1.37. The van der Waals surface area contributed by atoms with Gasteiger partial charge in [-0.05, 0) is 47.6 Å². The van der Waals surface area contributed by atoms with Gasteiger partial charge in [0.2, 0.25) is 5.91 Å². The van der Waals surface area contributed by atoms with Crippen LogP contribution in [0.25, 0.3) is 0 Å². The van der Waals surface area contributed by atoms with Crippen molar-refractivity contribution in [2.45, 2.75) is 45.1 Å². The first-order valence-electron chi connectivity index (χ1n) is 5.92. The molecule has 1 amide bonds. The normalized spacial score (nSPS) is 25.1. The van der Waals surface area contributed by atoms with Gasteiger partial charge in [-0.2, -0.15) is 11.3 Å². The number of hydrogen-bond donors (Lipinski definition) is 1. The zero-order valence-corrected chi connectivity index (χ0v) is 10.8. The molecule has 0 radical (unpaired) electrons. The molecule has 2 rings (SSSR count). The molecule has 1 unspecified atom stereocenters. The molecule has 1 fully saturated rings. The van der Waals surface area contributed by atoms with Crippen molar-refractivity contribution in [3.8, 4) is 0 Å². The van der Waals surface area contributed by atoms with Crippen LogP contribution in [0.4, 0.5) is 0 Å². The van der Waals surface area contributed by atoms with Crippen LogP contribution in [0.15, 0.2) is 16.8 Å². The van der Waals surface area contributed by atoms with E-state index >= 15 is 0 Å². The second-order valence-corrected chi connectivity index (χ2v) is 6.01. The Hall–Kier alpha value is -0.830. The minimum absolute atomic E-state index is 0.0202. The summed E-state index contributed by atoms with van der Waals surface area (Å²) in [6.45, 7) is 4.44. The second kappa shape index (κ2) is 4.58. The molecule has 2 heterocycles. The molecular formula is C13H19NOS. The third-order valence-electron chi connectivity index (χ3n) is 3.16. The monoisotopic (exact) mass is 237 g/mol. The first-order chi connectivity index (χ1) is 7.60. The minimum Gasteiger partial charge on any atom is -0.350 e. The van der Waals surface area contributed by atoms with Gasteiger partial charge >= 0.3 is 0 Å². The molecule has 1 atom stereocenters. The highest BCUT2D eigenvalue weighted by Crippen LogP contribution is 2.31. The Bertz CT molecular complexity index is 358. The van der Waals surface area contributed by atoms with E-state index in [0.717, 1.165) is 19.3 Å². The van der Waals surface area contributed by atoms with E-state index in [2.05, 4.69) is 36.0 Å². The Morgan fingerprint density at radius 1 is 1.56 bits per heavy atom. The van der Waals surface area contributed by atoms with Gasteiger partial charge in [-0.15, -0.1) is 0 Å². The molecular weight excluding hydrogens is 218 g/mol. The third kappa shape index (κ3) is 2.64. The fourth-order valence-electron chi connectivity index (χ4n) is 2.70. The van der Waals surface area contributed by atoms with Crippen LogP contribution in [0.3, 0.4) is 0 Å². The van der Waals surface area contributed by atoms with E-state index in [1.807, 2.05) is 0 Å². The number of rotatable bonds is 4. The molecule has 16 heavy (non-hydrogen) atoms.